The van der Waals surface area contributed by atoms with E-state index in [1.165, 1.54) is 12.1 Å². The standard InChI is InChI=1S/C27H29FNO6P/c1-20(21-8-10-22(11-9-21)23-12-14-25(28)15-13-23)29-18-17-27(35-26(29)30,24-6-3-2-4-7-24)16-5-19-34-36(31,32)33/h2-4,6-15,20H,5,16-19H2,1H3,(H2,31,32,33)/t20-,27+/m0/s1. The predicted octanol–water partition coefficient (Wildman–Crippen LogP) is 6.18. The molecule has 3 aromatic rings. The average Bonchev–Trinajstić information content (AvgIpc) is 2.87. The second-order valence-electron chi connectivity index (χ2n) is 8.90. The van der Waals surface area contributed by atoms with Crippen LogP contribution in [0.25, 0.3) is 11.1 Å². The number of carbonyl (C=O) groups is 1. The molecule has 0 saturated carbocycles. The molecule has 0 bridgehead atoms. The summed E-state index contributed by atoms with van der Waals surface area (Å²) in [7, 11) is -4.56. The van der Waals surface area contributed by atoms with Crippen LogP contribution in [0.3, 0.4) is 0 Å². The van der Waals surface area contributed by atoms with E-state index < -0.39 is 19.5 Å². The fraction of sp³-hybridized carbons (Fsp3) is 0.296. The molecule has 1 aliphatic rings. The highest BCUT2D eigenvalue weighted by atomic mass is 31.2. The van der Waals surface area contributed by atoms with Gasteiger partial charge in [0.05, 0.1) is 12.6 Å². The highest BCUT2D eigenvalue weighted by Gasteiger charge is 2.43. The Hall–Kier alpha value is -3.03. The quantitative estimate of drug-likeness (QED) is 0.262. The zero-order chi connectivity index (χ0) is 25.8. The summed E-state index contributed by atoms with van der Waals surface area (Å²) in [5.74, 6) is -0.284. The predicted molar refractivity (Wildman–Crippen MR) is 133 cm³/mol. The van der Waals surface area contributed by atoms with Gasteiger partial charge in [-0.15, -0.1) is 0 Å². The minimum absolute atomic E-state index is 0.142. The summed E-state index contributed by atoms with van der Waals surface area (Å²) in [6.45, 7) is 2.25. The second kappa shape index (κ2) is 10.9. The number of cyclic esters (lactones) is 1. The average molecular weight is 514 g/mol. The van der Waals surface area contributed by atoms with Gasteiger partial charge in [-0.2, -0.15) is 0 Å². The van der Waals surface area contributed by atoms with Crippen molar-refractivity contribution in [2.45, 2.75) is 37.8 Å². The number of carbonyl (C=O) groups excluding carboxylic acids is 1. The van der Waals surface area contributed by atoms with Gasteiger partial charge in [-0.3, -0.25) is 4.52 Å². The van der Waals surface area contributed by atoms with Gasteiger partial charge in [0.1, 0.15) is 11.4 Å². The lowest BCUT2D eigenvalue weighted by molar-refractivity contribution is -0.0679. The molecule has 1 amide bonds. The number of amides is 1. The summed E-state index contributed by atoms with van der Waals surface area (Å²) >= 11 is 0. The molecule has 4 rings (SSSR count). The van der Waals surface area contributed by atoms with Crippen LogP contribution in [-0.2, 0) is 19.4 Å². The lowest BCUT2D eigenvalue weighted by atomic mass is 9.84. The number of hydrogen-bond acceptors (Lipinski definition) is 4. The third-order valence-electron chi connectivity index (χ3n) is 6.60. The van der Waals surface area contributed by atoms with Crippen molar-refractivity contribution in [1.29, 1.82) is 0 Å². The molecule has 2 atom stereocenters. The fourth-order valence-electron chi connectivity index (χ4n) is 4.60. The van der Waals surface area contributed by atoms with Crippen LogP contribution < -0.4 is 0 Å². The summed E-state index contributed by atoms with van der Waals surface area (Å²) in [6.07, 6.45) is 0.762. The van der Waals surface area contributed by atoms with E-state index in [0.29, 0.717) is 25.8 Å². The minimum Gasteiger partial charge on any atom is -0.438 e. The van der Waals surface area contributed by atoms with Gasteiger partial charge in [0, 0.05) is 13.0 Å². The van der Waals surface area contributed by atoms with E-state index in [1.54, 1.807) is 17.0 Å². The van der Waals surface area contributed by atoms with Crippen LogP contribution in [0.4, 0.5) is 9.18 Å². The van der Waals surface area contributed by atoms with Crippen LogP contribution in [-0.4, -0.2) is 33.9 Å². The molecule has 0 unspecified atom stereocenters. The molecular weight excluding hydrogens is 484 g/mol. The summed E-state index contributed by atoms with van der Waals surface area (Å²) in [4.78, 5) is 32.8. The zero-order valence-electron chi connectivity index (χ0n) is 19.9. The van der Waals surface area contributed by atoms with Crippen molar-refractivity contribution in [3.8, 4) is 11.1 Å². The Morgan fingerprint density at radius 3 is 2.22 bits per heavy atom. The topological polar surface area (TPSA) is 96.3 Å². The number of hydrogen-bond donors (Lipinski definition) is 2. The summed E-state index contributed by atoms with van der Waals surface area (Å²) < 4.78 is 34.9. The van der Waals surface area contributed by atoms with Crippen LogP contribution >= 0.6 is 7.82 Å². The fourth-order valence-corrected chi connectivity index (χ4v) is 4.97. The normalized spacial score (nSPS) is 19.1. The number of nitrogens with zero attached hydrogens (tertiary/aromatic N) is 1. The maximum atomic E-state index is 13.2. The minimum atomic E-state index is -4.56. The Morgan fingerprint density at radius 2 is 1.64 bits per heavy atom. The number of ether oxygens (including phenoxy) is 1. The van der Waals surface area contributed by atoms with Gasteiger partial charge in [0.15, 0.2) is 0 Å². The van der Waals surface area contributed by atoms with Gasteiger partial charge in [0.25, 0.3) is 0 Å². The molecule has 2 N–H and O–H groups in total. The highest BCUT2D eigenvalue weighted by Crippen LogP contribution is 2.42. The van der Waals surface area contributed by atoms with Crippen LogP contribution in [0.15, 0.2) is 78.9 Å². The Labute approximate surface area is 209 Å². The van der Waals surface area contributed by atoms with Crippen LogP contribution in [0.2, 0.25) is 0 Å². The number of phosphoric ester groups is 1. The molecule has 1 saturated heterocycles. The third kappa shape index (κ3) is 6.20. The largest absolute Gasteiger partial charge is 0.469 e. The van der Waals surface area contributed by atoms with Gasteiger partial charge >= 0.3 is 13.9 Å². The molecular formula is C27H29FNO6P. The molecule has 0 radical (unpaired) electrons. The molecule has 1 heterocycles. The molecule has 36 heavy (non-hydrogen) atoms. The smallest absolute Gasteiger partial charge is 0.438 e. The monoisotopic (exact) mass is 513 g/mol. The lowest BCUT2D eigenvalue weighted by Gasteiger charge is -2.43. The van der Waals surface area contributed by atoms with Crippen molar-refractivity contribution in [1.82, 2.24) is 4.90 Å². The molecule has 7 nitrogen and oxygen atoms in total. The number of halogens is 1. The van der Waals surface area contributed by atoms with E-state index in [0.717, 1.165) is 22.3 Å². The van der Waals surface area contributed by atoms with Gasteiger partial charge < -0.3 is 19.4 Å². The first kappa shape index (κ1) is 26.0. The molecule has 0 aromatic heterocycles. The highest BCUT2D eigenvalue weighted by molar-refractivity contribution is 7.46. The Morgan fingerprint density at radius 1 is 1.03 bits per heavy atom. The molecule has 1 fully saturated rings. The lowest BCUT2D eigenvalue weighted by Crippen LogP contribution is -2.48. The molecule has 3 aromatic carbocycles. The summed E-state index contributed by atoms with van der Waals surface area (Å²) in [5, 5.41) is 0. The zero-order valence-corrected chi connectivity index (χ0v) is 20.8. The van der Waals surface area contributed by atoms with Crippen molar-refractivity contribution in [2.24, 2.45) is 0 Å². The van der Waals surface area contributed by atoms with Crippen molar-refractivity contribution in [3.05, 3.63) is 95.8 Å². The van der Waals surface area contributed by atoms with E-state index in [1.807, 2.05) is 61.5 Å². The van der Waals surface area contributed by atoms with Gasteiger partial charge in [-0.25, -0.2) is 13.8 Å². The van der Waals surface area contributed by atoms with Crippen LogP contribution in [0.1, 0.15) is 43.4 Å². The van der Waals surface area contributed by atoms with E-state index in [9.17, 15) is 13.8 Å². The third-order valence-corrected chi connectivity index (χ3v) is 7.12. The number of rotatable bonds is 9. The first-order valence-corrected chi connectivity index (χ1v) is 13.3. The van der Waals surface area contributed by atoms with Gasteiger partial charge in [-0.1, -0.05) is 66.7 Å². The molecule has 0 spiro atoms. The molecule has 9 heteroatoms. The van der Waals surface area contributed by atoms with Crippen LogP contribution in [0.5, 0.6) is 0 Å². The molecule has 1 aliphatic heterocycles. The van der Waals surface area contributed by atoms with E-state index in [-0.39, 0.29) is 18.5 Å². The van der Waals surface area contributed by atoms with E-state index in [2.05, 4.69) is 4.52 Å². The van der Waals surface area contributed by atoms with Crippen LogP contribution in [0, 0.1) is 5.82 Å². The first-order chi connectivity index (χ1) is 17.2. The Balaban J connectivity index is 1.47. The molecule has 0 aliphatic carbocycles. The van der Waals surface area contributed by atoms with Crippen molar-refractivity contribution in [3.63, 3.8) is 0 Å². The Kier molecular flexibility index (Phi) is 7.91. The summed E-state index contributed by atoms with van der Waals surface area (Å²) in [6, 6.07) is 23.3. The van der Waals surface area contributed by atoms with Gasteiger partial charge in [0.2, 0.25) is 0 Å². The maximum Gasteiger partial charge on any atom is 0.469 e. The SMILES string of the molecule is C[C@@H](c1ccc(-c2ccc(F)cc2)cc1)N1CC[C@](CCCOP(=O)(O)O)(c2ccccc2)OC1=O. The van der Waals surface area contributed by atoms with Gasteiger partial charge in [-0.05, 0) is 54.2 Å². The maximum absolute atomic E-state index is 13.2. The van der Waals surface area contributed by atoms with Crippen molar-refractivity contribution in [2.75, 3.05) is 13.2 Å². The van der Waals surface area contributed by atoms with E-state index >= 15 is 0 Å². The molecule has 190 valence electrons. The van der Waals surface area contributed by atoms with Crippen molar-refractivity contribution < 1.29 is 32.8 Å². The number of phosphoric acid groups is 1. The summed E-state index contributed by atoms with van der Waals surface area (Å²) in [5.41, 5.74) is 2.74. The number of benzene rings is 3. The Bertz CT molecular complexity index is 1220. The first-order valence-electron chi connectivity index (χ1n) is 11.8. The van der Waals surface area contributed by atoms with Crippen molar-refractivity contribution >= 4 is 13.9 Å². The van der Waals surface area contributed by atoms with E-state index in [4.69, 9.17) is 14.5 Å². The second-order valence-corrected chi connectivity index (χ2v) is 10.1.